The lowest BCUT2D eigenvalue weighted by atomic mass is 10.2. The van der Waals surface area contributed by atoms with E-state index in [1.165, 1.54) is 12.1 Å². The van der Waals surface area contributed by atoms with Gasteiger partial charge in [-0.3, -0.25) is 0 Å². The molecular weight excluding hydrogens is 298 g/mol. The van der Waals surface area contributed by atoms with Crippen LogP contribution >= 0.6 is 10.7 Å². The maximum Gasteiger partial charge on any atom is 0.261 e. The average Bonchev–Trinajstić information content (AvgIpc) is 2.45. The molecule has 0 saturated heterocycles. The fraction of sp³-hybridized carbons (Fsp3) is 0.0714. The molecule has 2 rings (SSSR count). The fourth-order valence-corrected chi connectivity index (χ4v) is 2.31. The van der Waals surface area contributed by atoms with Crippen LogP contribution in [0.2, 0.25) is 0 Å². The lowest BCUT2D eigenvalue weighted by molar-refractivity contribution is 0.306. The molecule has 6 heteroatoms. The standard InChI is InChI=1S/C14H10ClNO3S/c15-20(17,18)14-7-5-13(6-8-14)19-10-12-3-1-11(9-16)2-4-12/h1-8H,10H2. The first-order valence-electron chi connectivity index (χ1n) is 5.65. The van der Waals surface area contributed by atoms with Gasteiger partial charge in [-0.1, -0.05) is 12.1 Å². The Bertz CT molecular complexity index is 731. The van der Waals surface area contributed by atoms with Crippen LogP contribution in [-0.4, -0.2) is 8.42 Å². The highest BCUT2D eigenvalue weighted by Gasteiger charge is 2.09. The molecule has 0 bridgehead atoms. The van der Waals surface area contributed by atoms with Crippen molar-refractivity contribution < 1.29 is 13.2 Å². The zero-order valence-corrected chi connectivity index (χ0v) is 11.9. The molecule has 0 spiro atoms. The van der Waals surface area contributed by atoms with Crippen LogP contribution in [0.25, 0.3) is 0 Å². The van der Waals surface area contributed by atoms with Gasteiger partial charge in [0, 0.05) is 10.7 Å². The minimum atomic E-state index is -3.71. The SMILES string of the molecule is N#Cc1ccc(COc2ccc(S(=O)(=O)Cl)cc2)cc1. The molecule has 0 aliphatic heterocycles. The van der Waals surface area contributed by atoms with Crippen LogP contribution in [0.1, 0.15) is 11.1 Å². The van der Waals surface area contributed by atoms with Crippen LogP contribution in [0, 0.1) is 11.3 Å². The first-order chi connectivity index (χ1) is 9.49. The number of benzene rings is 2. The number of nitrogens with zero attached hydrogens (tertiary/aromatic N) is 1. The number of ether oxygens (including phenoxy) is 1. The van der Waals surface area contributed by atoms with Crippen LogP contribution in [0.4, 0.5) is 0 Å². The van der Waals surface area contributed by atoms with Crippen molar-refractivity contribution in [3.63, 3.8) is 0 Å². The van der Waals surface area contributed by atoms with Crippen molar-refractivity contribution in [1.29, 1.82) is 5.26 Å². The first-order valence-corrected chi connectivity index (χ1v) is 7.96. The number of hydrogen-bond acceptors (Lipinski definition) is 4. The molecule has 102 valence electrons. The molecule has 20 heavy (non-hydrogen) atoms. The van der Waals surface area contributed by atoms with Crippen LogP contribution in [0.5, 0.6) is 5.75 Å². The van der Waals surface area contributed by atoms with Gasteiger partial charge in [0.05, 0.1) is 16.5 Å². The fourth-order valence-electron chi connectivity index (χ4n) is 1.54. The van der Waals surface area contributed by atoms with E-state index < -0.39 is 9.05 Å². The van der Waals surface area contributed by atoms with Gasteiger partial charge < -0.3 is 4.74 Å². The summed E-state index contributed by atoms with van der Waals surface area (Å²) < 4.78 is 27.7. The first kappa shape index (κ1) is 14.4. The smallest absolute Gasteiger partial charge is 0.261 e. The zero-order valence-electron chi connectivity index (χ0n) is 10.3. The Morgan fingerprint density at radius 3 is 2.15 bits per heavy atom. The second-order valence-electron chi connectivity index (χ2n) is 4.01. The number of rotatable bonds is 4. The Morgan fingerprint density at radius 2 is 1.65 bits per heavy atom. The molecule has 2 aromatic carbocycles. The lowest BCUT2D eigenvalue weighted by Crippen LogP contribution is -1.96. The molecule has 0 fully saturated rings. The van der Waals surface area contributed by atoms with E-state index >= 15 is 0 Å². The van der Waals surface area contributed by atoms with E-state index in [2.05, 4.69) is 0 Å². The molecule has 0 heterocycles. The van der Waals surface area contributed by atoms with Crippen molar-refractivity contribution in [3.05, 3.63) is 59.7 Å². The Labute approximate surface area is 121 Å². The zero-order chi connectivity index (χ0) is 14.6. The summed E-state index contributed by atoms with van der Waals surface area (Å²) >= 11 is 0. The van der Waals surface area contributed by atoms with Crippen LogP contribution in [0.3, 0.4) is 0 Å². The Hall–Kier alpha value is -2.03. The van der Waals surface area contributed by atoms with Gasteiger partial charge in [0.15, 0.2) is 0 Å². The second kappa shape index (κ2) is 5.95. The van der Waals surface area contributed by atoms with Gasteiger partial charge in [0.2, 0.25) is 0 Å². The van der Waals surface area contributed by atoms with Crippen molar-refractivity contribution in [2.75, 3.05) is 0 Å². The van der Waals surface area contributed by atoms with Crippen molar-refractivity contribution >= 4 is 19.7 Å². The van der Waals surface area contributed by atoms with Gasteiger partial charge >= 0.3 is 0 Å². The van der Waals surface area contributed by atoms with Crippen molar-refractivity contribution in [1.82, 2.24) is 0 Å². The number of hydrogen-bond donors (Lipinski definition) is 0. The summed E-state index contributed by atoms with van der Waals surface area (Å²) in [5.41, 5.74) is 1.50. The van der Waals surface area contributed by atoms with Crippen molar-refractivity contribution in [2.24, 2.45) is 0 Å². The summed E-state index contributed by atoms with van der Waals surface area (Å²) in [6, 6.07) is 14.9. The molecule has 4 nitrogen and oxygen atoms in total. The highest BCUT2D eigenvalue weighted by Crippen LogP contribution is 2.19. The lowest BCUT2D eigenvalue weighted by Gasteiger charge is -2.06. The summed E-state index contributed by atoms with van der Waals surface area (Å²) in [5, 5.41) is 8.69. The van der Waals surface area contributed by atoms with E-state index in [0.29, 0.717) is 17.9 Å². The molecule has 0 radical (unpaired) electrons. The molecule has 0 aliphatic carbocycles. The minimum absolute atomic E-state index is 0.0323. The topological polar surface area (TPSA) is 67.2 Å². The molecule has 2 aromatic rings. The van der Waals surface area contributed by atoms with Gasteiger partial charge in [0.25, 0.3) is 9.05 Å². The van der Waals surface area contributed by atoms with Gasteiger partial charge in [-0.25, -0.2) is 8.42 Å². The van der Waals surface area contributed by atoms with Gasteiger partial charge in [0.1, 0.15) is 12.4 Å². The van der Waals surface area contributed by atoms with Gasteiger partial charge in [-0.15, -0.1) is 0 Å². The summed E-state index contributed by atoms with van der Waals surface area (Å²) in [4.78, 5) is 0.0323. The van der Waals surface area contributed by atoms with E-state index in [4.69, 9.17) is 20.7 Å². The molecule has 0 aliphatic rings. The molecule has 0 atom stereocenters. The maximum absolute atomic E-state index is 11.1. The summed E-state index contributed by atoms with van der Waals surface area (Å²) in [6.45, 7) is 0.332. The third-order valence-corrected chi connectivity index (χ3v) is 3.96. The van der Waals surface area contributed by atoms with Crippen molar-refractivity contribution in [3.8, 4) is 11.8 Å². The van der Waals surface area contributed by atoms with E-state index in [0.717, 1.165) is 5.56 Å². The highest BCUT2D eigenvalue weighted by molar-refractivity contribution is 8.13. The molecule has 0 unspecified atom stereocenters. The Morgan fingerprint density at radius 1 is 1.05 bits per heavy atom. The summed E-state index contributed by atoms with van der Waals surface area (Å²) in [7, 11) is 1.51. The maximum atomic E-state index is 11.1. The summed E-state index contributed by atoms with van der Waals surface area (Å²) in [6.07, 6.45) is 0. The predicted octanol–water partition coefficient (Wildman–Crippen LogP) is 3.06. The third kappa shape index (κ3) is 3.73. The van der Waals surface area contributed by atoms with Crippen LogP contribution < -0.4 is 4.74 Å². The van der Waals surface area contributed by atoms with Crippen molar-refractivity contribution in [2.45, 2.75) is 11.5 Å². The third-order valence-electron chi connectivity index (χ3n) is 2.59. The monoisotopic (exact) mass is 307 g/mol. The Kier molecular flexibility index (Phi) is 4.28. The molecule has 0 aromatic heterocycles. The Balaban J connectivity index is 2.02. The molecule has 0 saturated carbocycles. The molecule has 0 N–H and O–H groups in total. The van der Waals surface area contributed by atoms with E-state index in [9.17, 15) is 8.42 Å². The predicted molar refractivity (Wildman–Crippen MR) is 75.0 cm³/mol. The molecule has 0 amide bonds. The normalized spacial score (nSPS) is 10.8. The van der Waals surface area contributed by atoms with Gasteiger partial charge in [-0.2, -0.15) is 5.26 Å². The van der Waals surface area contributed by atoms with Crippen LogP contribution in [0.15, 0.2) is 53.4 Å². The largest absolute Gasteiger partial charge is 0.489 e. The van der Waals surface area contributed by atoms with E-state index in [-0.39, 0.29) is 4.90 Å². The highest BCUT2D eigenvalue weighted by atomic mass is 35.7. The summed E-state index contributed by atoms with van der Waals surface area (Å²) in [5.74, 6) is 0.540. The minimum Gasteiger partial charge on any atom is -0.489 e. The number of nitriles is 1. The van der Waals surface area contributed by atoms with Gasteiger partial charge in [-0.05, 0) is 42.0 Å². The molecular formula is C14H10ClNO3S. The second-order valence-corrected chi connectivity index (χ2v) is 6.57. The van der Waals surface area contributed by atoms with E-state index in [1.807, 2.05) is 6.07 Å². The number of halogens is 1. The quantitative estimate of drug-likeness (QED) is 0.814. The van der Waals surface area contributed by atoms with E-state index in [1.54, 1.807) is 36.4 Å². The van der Waals surface area contributed by atoms with Crippen LogP contribution in [-0.2, 0) is 15.7 Å². The average molecular weight is 308 g/mol.